The van der Waals surface area contributed by atoms with Crippen molar-refractivity contribution in [1.82, 2.24) is 0 Å². The number of aliphatic carboxylic acids is 2. The Hall–Kier alpha value is -2.08. The van der Waals surface area contributed by atoms with Crippen LogP contribution in [0, 0.1) is 0 Å². The zero-order chi connectivity index (χ0) is 12.6. The summed E-state index contributed by atoms with van der Waals surface area (Å²) in [4.78, 5) is 19.6. The van der Waals surface area contributed by atoms with Gasteiger partial charge in [-0.05, 0) is 12.1 Å². The number of carboxylic acids is 2. The number of benzene rings is 1. The molecule has 0 spiro atoms. The van der Waals surface area contributed by atoms with Crippen LogP contribution in [0.25, 0.3) is 0 Å². The number of phenols is 1. The van der Waals surface area contributed by atoms with Gasteiger partial charge in [-0.25, -0.2) is 0 Å². The largest absolute Gasteiger partial charge is 0.508 e. The number of para-hydroxylation sites is 1. The summed E-state index contributed by atoms with van der Waals surface area (Å²) in [5.41, 5.74) is 4.84. The Labute approximate surface area is 91.9 Å². The zero-order valence-electron chi connectivity index (χ0n) is 8.41. The molecule has 0 saturated heterocycles. The molecule has 6 nitrogen and oxygen atoms in total. The maximum atomic E-state index is 9.85. The lowest BCUT2D eigenvalue weighted by Crippen LogP contribution is -2.32. The fourth-order valence-corrected chi connectivity index (χ4v) is 0.703. The molecule has 0 bridgehead atoms. The molecule has 0 aliphatic rings. The molecule has 0 aliphatic carbocycles. The normalized spacial score (nSPS) is 10.8. The minimum absolute atomic E-state index is 0.322. The SMILES string of the molecule is NC(CC(=O)O)C(=O)O.Oc1ccccc1. The molecule has 1 atom stereocenters. The van der Waals surface area contributed by atoms with E-state index in [-0.39, 0.29) is 0 Å². The summed E-state index contributed by atoms with van der Waals surface area (Å²) in [6.07, 6.45) is -0.532. The molecular formula is C10H13NO5. The minimum atomic E-state index is -1.29. The monoisotopic (exact) mass is 227 g/mol. The Kier molecular flexibility index (Phi) is 6.30. The number of aromatic hydroxyl groups is 1. The van der Waals surface area contributed by atoms with Gasteiger partial charge in [0.2, 0.25) is 0 Å². The van der Waals surface area contributed by atoms with Crippen molar-refractivity contribution in [3.8, 4) is 5.75 Å². The van der Waals surface area contributed by atoms with Gasteiger partial charge in [-0.15, -0.1) is 0 Å². The summed E-state index contributed by atoms with van der Waals surface area (Å²) in [5, 5.41) is 24.7. The molecule has 6 heteroatoms. The molecule has 1 aromatic carbocycles. The van der Waals surface area contributed by atoms with Crippen LogP contribution >= 0.6 is 0 Å². The highest BCUT2D eigenvalue weighted by Crippen LogP contribution is 2.02. The third kappa shape index (κ3) is 7.34. The van der Waals surface area contributed by atoms with Gasteiger partial charge in [-0.2, -0.15) is 0 Å². The fraction of sp³-hybridized carbons (Fsp3) is 0.200. The predicted molar refractivity (Wildman–Crippen MR) is 56.0 cm³/mol. The van der Waals surface area contributed by atoms with Crippen molar-refractivity contribution in [2.75, 3.05) is 0 Å². The average molecular weight is 227 g/mol. The quantitative estimate of drug-likeness (QED) is 0.588. The summed E-state index contributed by atoms with van der Waals surface area (Å²) in [5.74, 6) is -2.18. The maximum absolute atomic E-state index is 9.85. The third-order valence-electron chi connectivity index (χ3n) is 1.47. The van der Waals surface area contributed by atoms with Gasteiger partial charge in [0.25, 0.3) is 0 Å². The number of nitrogens with two attached hydrogens (primary N) is 1. The van der Waals surface area contributed by atoms with Gasteiger partial charge in [0.15, 0.2) is 0 Å². The molecule has 0 amide bonds. The lowest BCUT2D eigenvalue weighted by Gasteiger charge is -1.99. The van der Waals surface area contributed by atoms with Crippen LogP contribution in [0.5, 0.6) is 5.75 Å². The van der Waals surface area contributed by atoms with Crippen LogP contribution in [-0.4, -0.2) is 33.3 Å². The van der Waals surface area contributed by atoms with Crippen LogP contribution in [0.15, 0.2) is 30.3 Å². The molecule has 1 aromatic rings. The molecule has 1 rings (SSSR count). The summed E-state index contributed by atoms with van der Waals surface area (Å²) < 4.78 is 0. The van der Waals surface area contributed by atoms with Crippen molar-refractivity contribution >= 4 is 11.9 Å². The van der Waals surface area contributed by atoms with E-state index in [1.165, 1.54) is 0 Å². The van der Waals surface area contributed by atoms with Crippen LogP contribution in [0.2, 0.25) is 0 Å². The Bertz CT molecular complexity index is 338. The number of hydrogen-bond donors (Lipinski definition) is 4. The van der Waals surface area contributed by atoms with Gasteiger partial charge in [0.05, 0.1) is 6.42 Å². The maximum Gasteiger partial charge on any atom is 0.321 e. The smallest absolute Gasteiger partial charge is 0.321 e. The first-order chi connectivity index (χ1) is 7.43. The Balaban J connectivity index is 0.000000288. The summed E-state index contributed by atoms with van der Waals surface area (Å²) in [6.45, 7) is 0. The van der Waals surface area contributed by atoms with E-state index >= 15 is 0 Å². The van der Waals surface area contributed by atoms with Gasteiger partial charge < -0.3 is 21.1 Å². The van der Waals surface area contributed by atoms with E-state index in [1.54, 1.807) is 24.3 Å². The van der Waals surface area contributed by atoms with E-state index in [0.717, 1.165) is 0 Å². The average Bonchev–Trinajstić information content (AvgIpc) is 2.18. The van der Waals surface area contributed by atoms with E-state index in [0.29, 0.717) is 5.75 Å². The molecular weight excluding hydrogens is 214 g/mol. The number of rotatable bonds is 3. The lowest BCUT2D eigenvalue weighted by atomic mass is 10.2. The lowest BCUT2D eigenvalue weighted by molar-refractivity contribution is -0.144. The van der Waals surface area contributed by atoms with Crippen LogP contribution in [0.4, 0.5) is 0 Å². The first-order valence-corrected chi connectivity index (χ1v) is 4.37. The second kappa shape index (κ2) is 7.24. The number of carbonyl (C=O) groups is 2. The highest BCUT2D eigenvalue weighted by Gasteiger charge is 2.14. The fourth-order valence-electron chi connectivity index (χ4n) is 0.703. The first kappa shape index (κ1) is 13.9. The highest BCUT2D eigenvalue weighted by molar-refractivity contribution is 5.80. The van der Waals surface area contributed by atoms with Gasteiger partial charge >= 0.3 is 11.9 Å². The molecule has 5 N–H and O–H groups in total. The second-order valence-electron chi connectivity index (χ2n) is 2.88. The van der Waals surface area contributed by atoms with Crippen LogP contribution in [0.3, 0.4) is 0 Å². The van der Waals surface area contributed by atoms with Crippen molar-refractivity contribution in [3.63, 3.8) is 0 Å². The molecule has 0 aliphatic heterocycles. The molecule has 0 heterocycles. The van der Waals surface area contributed by atoms with Crippen molar-refractivity contribution in [2.45, 2.75) is 12.5 Å². The zero-order valence-corrected chi connectivity index (χ0v) is 8.41. The Morgan fingerprint density at radius 1 is 1.19 bits per heavy atom. The number of hydrogen-bond acceptors (Lipinski definition) is 4. The highest BCUT2D eigenvalue weighted by atomic mass is 16.4. The molecule has 16 heavy (non-hydrogen) atoms. The third-order valence-corrected chi connectivity index (χ3v) is 1.47. The molecule has 0 radical (unpaired) electrons. The van der Waals surface area contributed by atoms with Gasteiger partial charge in [-0.1, -0.05) is 18.2 Å². The molecule has 1 unspecified atom stereocenters. The summed E-state index contributed by atoms with van der Waals surface area (Å²) in [7, 11) is 0. The van der Waals surface area contributed by atoms with E-state index in [1.807, 2.05) is 6.07 Å². The van der Waals surface area contributed by atoms with E-state index < -0.39 is 24.4 Å². The standard InChI is InChI=1S/C6H6O.C4H7NO4/c7-6-4-2-1-3-5-6;5-2(4(8)9)1-3(6)7/h1-5,7H;2H,1,5H2,(H,6,7)(H,8,9). The van der Waals surface area contributed by atoms with Crippen molar-refractivity contribution in [1.29, 1.82) is 0 Å². The summed E-state index contributed by atoms with van der Waals surface area (Å²) >= 11 is 0. The van der Waals surface area contributed by atoms with Crippen molar-refractivity contribution in [3.05, 3.63) is 30.3 Å². The van der Waals surface area contributed by atoms with E-state index in [2.05, 4.69) is 0 Å². The minimum Gasteiger partial charge on any atom is -0.508 e. The Morgan fingerprint density at radius 3 is 1.88 bits per heavy atom. The first-order valence-electron chi connectivity index (χ1n) is 4.37. The van der Waals surface area contributed by atoms with Crippen LogP contribution in [0.1, 0.15) is 6.42 Å². The topological polar surface area (TPSA) is 121 Å². The Morgan fingerprint density at radius 2 is 1.69 bits per heavy atom. The number of phenolic OH excluding ortho intramolecular Hbond substituents is 1. The molecule has 0 fully saturated rings. The second-order valence-corrected chi connectivity index (χ2v) is 2.88. The van der Waals surface area contributed by atoms with Crippen molar-refractivity contribution in [2.24, 2.45) is 5.73 Å². The molecule has 0 aromatic heterocycles. The van der Waals surface area contributed by atoms with E-state index in [4.69, 9.17) is 21.1 Å². The number of carboxylic acid groups (broad SMARTS) is 2. The van der Waals surface area contributed by atoms with Gasteiger partial charge in [0, 0.05) is 0 Å². The van der Waals surface area contributed by atoms with Crippen molar-refractivity contribution < 1.29 is 24.9 Å². The predicted octanol–water partition coefficient (Wildman–Crippen LogP) is 0.265. The molecule has 88 valence electrons. The van der Waals surface area contributed by atoms with Crippen LogP contribution in [-0.2, 0) is 9.59 Å². The van der Waals surface area contributed by atoms with Crippen LogP contribution < -0.4 is 5.73 Å². The summed E-state index contributed by atoms with van der Waals surface area (Å²) in [6, 6.07) is 7.42. The van der Waals surface area contributed by atoms with Gasteiger partial charge in [-0.3, -0.25) is 9.59 Å². The van der Waals surface area contributed by atoms with E-state index in [9.17, 15) is 9.59 Å². The van der Waals surface area contributed by atoms with Gasteiger partial charge in [0.1, 0.15) is 11.8 Å². The molecule has 0 saturated carbocycles.